The maximum atomic E-state index is 12.7. The van der Waals surface area contributed by atoms with Crippen molar-refractivity contribution in [2.24, 2.45) is 0 Å². The largest absolute Gasteiger partial charge is 0.339 e. The van der Waals surface area contributed by atoms with E-state index in [9.17, 15) is 9.59 Å². The summed E-state index contributed by atoms with van der Waals surface area (Å²) < 4.78 is 0. The molecule has 0 saturated carbocycles. The first-order valence-electron chi connectivity index (χ1n) is 7.28. The van der Waals surface area contributed by atoms with E-state index in [1.165, 1.54) is 11.3 Å². The first-order valence-corrected chi connectivity index (χ1v) is 9.04. The van der Waals surface area contributed by atoms with Gasteiger partial charge in [0.15, 0.2) is 0 Å². The molecule has 0 aliphatic carbocycles. The highest BCUT2D eigenvalue weighted by Crippen LogP contribution is 2.24. The average Bonchev–Trinajstić information content (AvgIpc) is 3.26. The fraction of sp³-hybridized carbons (Fsp3) is 0.375. The van der Waals surface area contributed by atoms with Crippen molar-refractivity contribution in [2.75, 3.05) is 13.6 Å². The molecule has 1 aliphatic rings. The van der Waals surface area contributed by atoms with Gasteiger partial charge in [-0.3, -0.25) is 9.59 Å². The zero-order valence-electron chi connectivity index (χ0n) is 12.4. The summed E-state index contributed by atoms with van der Waals surface area (Å²) in [5.41, 5.74) is 0. The fourth-order valence-electron chi connectivity index (χ4n) is 2.78. The summed E-state index contributed by atoms with van der Waals surface area (Å²) in [5.74, 6) is 0.0196. The zero-order chi connectivity index (χ0) is 15.5. The van der Waals surface area contributed by atoms with Gasteiger partial charge in [-0.1, -0.05) is 12.1 Å². The van der Waals surface area contributed by atoms with Crippen LogP contribution in [0.2, 0.25) is 0 Å². The van der Waals surface area contributed by atoms with E-state index in [1.54, 1.807) is 21.1 Å². The van der Waals surface area contributed by atoms with Crippen molar-refractivity contribution in [3.63, 3.8) is 0 Å². The quantitative estimate of drug-likeness (QED) is 0.862. The first kappa shape index (κ1) is 15.2. The molecule has 0 bridgehead atoms. The Kier molecular flexibility index (Phi) is 4.59. The summed E-state index contributed by atoms with van der Waals surface area (Å²) in [6, 6.07) is 7.38. The Labute approximate surface area is 138 Å². The fourth-order valence-corrected chi connectivity index (χ4v) is 4.21. The molecule has 3 rings (SSSR count). The second-order valence-electron chi connectivity index (χ2n) is 5.41. The second-order valence-corrected chi connectivity index (χ2v) is 7.39. The van der Waals surface area contributed by atoms with Crippen LogP contribution in [0.4, 0.5) is 0 Å². The van der Waals surface area contributed by atoms with Crippen molar-refractivity contribution in [1.82, 2.24) is 9.80 Å². The predicted molar refractivity (Wildman–Crippen MR) is 89.2 cm³/mol. The number of thiophene rings is 2. The number of hydrogen-bond acceptors (Lipinski definition) is 4. The number of likely N-dealkylation sites (tertiary alicyclic amines) is 1. The Hall–Kier alpha value is -1.66. The van der Waals surface area contributed by atoms with Gasteiger partial charge in [-0.05, 0) is 35.7 Å². The molecule has 1 fully saturated rings. The SMILES string of the molecule is CN(Cc1cccs1)C(=O)[C@@H]1CCCN1C(=O)c1cccs1. The van der Waals surface area contributed by atoms with Crippen LogP contribution in [-0.2, 0) is 11.3 Å². The lowest BCUT2D eigenvalue weighted by Crippen LogP contribution is -2.46. The molecule has 0 aromatic carbocycles. The van der Waals surface area contributed by atoms with Crippen LogP contribution in [0.5, 0.6) is 0 Å². The van der Waals surface area contributed by atoms with E-state index >= 15 is 0 Å². The lowest BCUT2D eigenvalue weighted by atomic mass is 10.2. The summed E-state index contributed by atoms with van der Waals surface area (Å²) >= 11 is 3.07. The average molecular weight is 334 g/mol. The maximum absolute atomic E-state index is 12.7. The van der Waals surface area contributed by atoms with E-state index < -0.39 is 0 Å². The Morgan fingerprint density at radius 2 is 2.05 bits per heavy atom. The molecule has 1 atom stereocenters. The van der Waals surface area contributed by atoms with Gasteiger partial charge in [0.2, 0.25) is 5.91 Å². The third-order valence-corrected chi connectivity index (χ3v) is 5.60. The van der Waals surface area contributed by atoms with Crippen molar-refractivity contribution in [1.29, 1.82) is 0 Å². The molecular formula is C16H18N2O2S2. The molecule has 2 aromatic rings. The molecule has 116 valence electrons. The van der Waals surface area contributed by atoms with Crippen LogP contribution >= 0.6 is 22.7 Å². The van der Waals surface area contributed by atoms with Crippen LogP contribution < -0.4 is 0 Å². The van der Waals surface area contributed by atoms with Gasteiger partial charge in [0.05, 0.1) is 11.4 Å². The monoisotopic (exact) mass is 334 g/mol. The molecule has 0 spiro atoms. The Morgan fingerprint density at radius 1 is 1.27 bits per heavy atom. The first-order chi connectivity index (χ1) is 10.7. The minimum atomic E-state index is -0.320. The van der Waals surface area contributed by atoms with E-state index in [0.29, 0.717) is 18.0 Å². The minimum absolute atomic E-state index is 0.0182. The summed E-state index contributed by atoms with van der Waals surface area (Å²) in [4.78, 5) is 30.6. The van der Waals surface area contributed by atoms with Crippen molar-refractivity contribution >= 4 is 34.5 Å². The number of likely N-dealkylation sites (N-methyl/N-ethyl adjacent to an activating group) is 1. The molecule has 0 unspecified atom stereocenters. The molecule has 2 aromatic heterocycles. The molecule has 1 aliphatic heterocycles. The van der Waals surface area contributed by atoms with Gasteiger partial charge in [-0.15, -0.1) is 22.7 Å². The normalized spacial score (nSPS) is 17.7. The highest BCUT2D eigenvalue weighted by molar-refractivity contribution is 7.12. The lowest BCUT2D eigenvalue weighted by molar-refractivity contribution is -0.134. The molecule has 2 amide bonds. The summed E-state index contributed by atoms with van der Waals surface area (Å²) in [7, 11) is 1.81. The summed E-state index contributed by atoms with van der Waals surface area (Å²) in [6.07, 6.45) is 1.64. The standard InChI is InChI=1S/C16H18N2O2S2/c1-17(11-12-5-3-9-21-12)15(19)13-6-2-8-18(13)16(20)14-7-4-10-22-14/h3-5,7,9-10,13H,2,6,8,11H2,1H3/t13-/m0/s1. The van der Waals surface area contributed by atoms with Gasteiger partial charge in [-0.25, -0.2) is 0 Å². The molecular weight excluding hydrogens is 316 g/mol. The van der Waals surface area contributed by atoms with E-state index in [-0.39, 0.29) is 17.9 Å². The molecule has 0 radical (unpaired) electrons. The van der Waals surface area contributed by atoms with Crippen LogP contribution in [0.3, 0.4) is 0 Å². The third kappa shape index (κ3) is 3.08. The maximum Gasteiger partial charge on any atom is 0.264 e. The van der Waals surface area contributed by atoms with E-state index in [2.05, 4.69) is 0 Å². The highest BCUT2D eigenvalue weighted by Gasteiger charge is 2.36. The van der Waals surface area contributed by atoms with E-state index in [0.717, 1.165) is 17.7 Å². The van der Waals surface area contributed by atoms with Crippen LogP contribution in [0.25, 0.3) is 0 Å². The third-order valence-electron chi connectivity index (χ3n) is 3.88. The van der Waals surface area contributed by atoms with Gasteiger partial charge in [0.25, 0.3) is 5.91 Å². The molecule has 6 heteroatoms. The van der Waals surface area contributed by atoms with Gasteiger partial charge >= 0.3 is 0 Å². The van der Waals surface area contributed by atoms with E-state index in [4.69, 9.17) is 0 Å². The molecule has 3 heterocycles. The van der Waals surface area contributed by atoms with Crippen molar-refractivity contribution in [2.45, 2.75) is 25.4 Å². The van der Waals surface area contributed by atoms with Crippen LogP contribution in [0.15, 0.2) is 35.0 Å². The van der Waals surface area contributed by atoms with Gasteiger partial charge < -0.3 is 9.80 Å². The van der Waals surface area contributed by atoms with Gasteiger partial charge in [0.1, 0.15) is 6.04 Å². The van der Waals surface area contributed by atoms with Crippen molar-refractivity contribution < 1.29 is 9.59 Å². The molecule has 22 heavy (non-hydrogen) atoms. The van der Waals surface area contributed by atoms with Crippen LogP contribution in [0, 0.1) is 0 Å². The number of hydrogen-bond donors (Lipinski definition) is 0. The Morgan fingerprint density at radius 3 is 2.73 bits per heavy atom. The van der Waals surface area contributed by atoms with Crippen LogP contribution in [0.1, 0.15) is 27.4 Å². The number of carbonyl (C=O) groups excluding carboxylic acids is 2. The molecule has 1 saturated heterocycles. The zero-order valence-corrected chi connectivity index (χ0v) is 14.0. The van der Waals surface area contributed by atoms with Crippen LogP contribution in [-0.4, -0.2) is 41.2 Å². The molecule has 0 N–H and O–H groups in total. The number of rotatable bonds is 4. The Balaban J connectivity index is 1.69. The number of amides is 2. The van der Waals surface area contributed by atoms with E-state index in [1.807, 2.05) is 42.1 Å². The number of nitrogens with zero attached hydrogens (tertiary/aromatic N) is 2. The lowest BCUT2D eigenvalue weighted by Gasteiger charge is -2.27. The van der Waals surface area contributed by atoms with Crippen molar-refractivity contribution in [3.8, 4) is 0 Å². The predicted octanol–water partition coefficient (Wildman–Crippen LogP) is 3.07. The smallest absolute Gasteiger partial charge is 0.264 e. The minimum Gasteiger partial charge on any atom is -0.339 e. The van der Waals surface area contributed by atoms with Gasteiger partial charge in [0, 0.05) is 18.5 Å². The van der Waals surface area contributed by atoms with Crippen molar-refractivity contribution in [3.05, 3.63) is 44.8 Å². The Bertz CT molecular complexity index is 637. The summed E-state index contributed by atoms with van der Waals surface area (Å²) in [5, 5.41) is 3.90. The van der Waals surface area contributed by atoms with Gasteiger partial charge in [-0.2, -0.15) is 0 Å². The number of carbonyl (C=O) groups is 2. The topological polar surface area (TPSA) is 40.6 Å². The summed E-state index contributed by atoms with van der Waals surface area (Å²) in [6.45, 7) is 1.27. The second kappa shape index (κ2) is 6.62. The molecule has 4 nitrogen and oxygen atoms in total. The highest BCUT2D eigenvalue weighted by atomic mass is 32.1.